The van der Waals surface area contributed by atoms with Crippen LogP contribution in [0.25, 0.3) is 5.76 Å². The molecule has 1 amide bonds. The molecule has 0 aliphatic carbocycles. The summed E-state index contributed by atoms with van der Waals surface area (Å²) in [7, 11) is 0. The molecular weight excluding hydrogens is 414 g/mol. The number of aliphatic hydroxyl groups excluding tert-OH is 1. The van der Waals surface area contributed by atoms with Gasteiger partial charge in [0.1, 0.15) is 18.2 Å². The first-order valence-electron chi connectivity index (χ1n) is 10.1. The summed E-state index contributed by atoms with van der Waals surface area (Å²) in [6.45, 7) is 3.06. The number of hydrogen-bond donors (Lipinski definition) is 2. The van der Waals surface area contributed by atoms with E-state index in [0.29, 0.717) is 30.1 Å². The zero-order valence-electron chi connectivity index (χ0n) is 17.1. The van der Waals surface area contributed by atoms with Crippen LogP contribution in [0.1, 0.15) is 29.2 Å². The van der Waals surface area contributed by atoms with Gasteiger partial charge >= 0.3 is 0 Å². The highest BCUT2D eigenvalue weighted by molar-refractivity contribution is 6.46. The standard InChI is InChI=1S/C24H22ClN3O3/c1-16-3-5-17(6-4-16)21-20(22(29)18-7-9-19(25)10-8-18)23(30)24(31)28(21)13-2-12-27-14-11-26-15-27/h3-11,14-15,21H,2,12-13H2,1H3,(H,29,30)/p+1. The van der Waals surface area contributed by atoms with Gasteiger partial charge in [0.2, 0.25) is 6.33 Å². The largest absolute Gasteiger partial charge is 0.507 e. The Labute approximate surface area is 185 Å². The molecule has 4 rings (SSSR count). The predicted octanol–water partition coefficient (Wildman–Crippen LogP) is 3.78. The second-order valence-electron chi connectivity index (χ2n) is 7.61. The number of rotatable bonds is 6. The molecule has 0 bridgehead atoms. The lowest BCUT2D eigenvalue weighted by molar-refractivity contribution is -0.695. The van der Waals surface area contributed by atoms with Crippen molar-refractivity contribution in [2.45, 2.75) is 25.9 Å². The summed E-state index contributed by atoms with van der Waals surface area (Å²) in [4.78, 5) is 30.5. The number of aromatic amines is 1. The van der Waals surface area contributed by atoms with Gasteiger partial charge < -0.3 is 10.0 Å². The zero-order valence-corrected chi connectivity index (χ0v) is 17.8. The minimum Gasteiger partial charge on any atom is -0.507 e. The van der Waals surface area contributed by atoms with Gasteiger partial charge in [-0.15, -0.1) is 0 Å². The zero-order chi connectivity index (χ0) is 22.0. The normalized spacial score (nSPS) is 18.0. The molecule has 1 saturated heterocycles. The predicted molar refractivity (Wildman–Crippen MR) is 117 cm³/mol. The molecular formula is C24H23ClN3O3+. The molecule has 31 heavy (non-hydrogen) atoms. The van der Waals surface area contributed by atoms with Crippen molar-refractivity contribution in [2.24, 2.45) is 0 Å². The number of aliphatic hydroxyl groups is 1. The van der Waals surface area contributed by atoms with E-state index in [-0.39, 0.29) is 11.3 Å². The minimum atomic E-state index is -0.674. The number of nitrogens with one attached hydrogen (secondary N) is 1. The first-order chi connectivity index (χ1) is 15.0. The number of hydrogen-bond acceptors (Lipinski definition) is 3. The number of amides is 1. The quantitative estimate of drug-likeness (QED) is 0.267. The highest BCUT2D eigenvalue weighted by atomic mass is 35.5. The molecule has 0 saturated carbocycles. The molecule has 1 aliphatic rings. The van der Waals surface area contributed by atoms with Crippen molar-refractivity contribution in [3.63, 3.8) is 0 Å². The van der Waals surface area contributed by atoms with Gasteiger partial charge in [-0.1, -0.05) is 41.4 Å². The van der Waals surface area contributed by atoms with Gasteiger partial charge in [-0.3, -0.25) is 14.6 Å². The maximum absolute atomic E-state index is 13.0. The summed E-state index contributed by atoms with van der Waals surface area (Å²) < 4.78 is 1.98. The number of aryl methyl sites for hydroxylation is 2. The van der Waals surface area contributed by atoms with Crippen molar-refractivity contribution in [2.75, 3.05) is 6.54 Å². The van der Waals surface area contributed by atoms with Crippen molar-refractivity contribution >= 4 is 29.1 Å². The van der Waals surface area contributed by atoms with Crippen LogP contribution in [0.4, 0.5) is 0 Å². The van der Waals surface area contributed by atoms with E-state index in [4.69, 9.17) is 11.6 Å². The van der Waals surface area contributed by atoms with Crippen LogP contribution >= 0.6 is 11.6 Å². The summed E-state index contributed by atoms with van der Waals surface area (Å²) >= 11 is 5.96. The lowest BCUT2D eigenvalue weighted by Gasteiger charge is -2.25. The number of likely N-dealkylation sites (tertiary alicyclic amines) is 1. The van der Waals surface area contributed by atoms with Crippen LogP contribution in [-0.4, -0.2) is 33.2 Å². The van der Waals surface area contributed by atoms with Crippen molar-refractivity contribution < 1.29 is 19.3 Å². The van der Waals surface area contributed by atoms with Gasteiger partial charge in [0.25, 0.3) is 11.7 Å². The molecule has 1 aromatic heterocycles. The van der Waals surface area contributed by atoms with Gasteiger partial charge in [-0.2, -0.15) is 0 Å². The molecule has 3 aromatic rings. The van der Waals surface area contributed by atoms with Crippen LogP contribution in [0, 0.1) is 6.92 Å². The van der Waals surface area contributed by atoms with Gasteiger partial charge in [0.15, 0.2) is 0 Å². The first kappa shape index (κ1) is 20.9. The second kappa shape index (κ2) is 8.78. The molecule has 0 radical (unpaired) electrons. The Hall–Kier alpha value is -3.38. The van der Waals surface area contributed by atoms with Gasteiger partial charge in [0.05, 0.1) is 18.2 Å². The lowest BCUT2D eigenvalue weighted by Crippen LogP contribution is -2.36. The topological polar surface area (TPSA) is 77.3 Å². The Morgan fingerprint density at radius 1 is 1.13 bits per heavy atom. The van der Waals surface area contributed by atoms with E-state index in [2.05, 4.69) is 4.98 Å². The summed E-state index contributed by atoms with van der Waals surface area (Å²) in [5.74, 6) is -1.46. The summed E-state index contributed by atoms with van der Waals surface area (Å²) in [5, 5.41) is 11.5. The van der Waals surface area contributed by atoms with E-state index in [1.165, 1.54) is 0 Å². The third-order valence-electron chi connectivity index (χ3n) is 5.47. The molecule has 0 spiro atoms. The Morgan fingerprint density at radius 3 is 2.48 bits per heavy atom. The fraction of sp³-hybridized carbons (Fsp3) is 0.208. The Bertz CT molecular complexity index is 1120. The SMILES string of the molecule is Cc1ccc(C2/C(=C(\O)c3ccc(Cl)cc3)C(=O)C(=O)N2CCC[n+]2cc[nH]c2)cc1. The maximum Gasteiger partial charge on any atom is 0.295 e. The molecule has 7 heteroatoms. The molecule has 1 fully saturated rings. The smallest absolute Gasteiger partial charge is 0.295 e. The van der Waals surface area contributed by atoms with Crippen molar-refractivity contribution in [1.29, 1.82) is 0 Å². The second-order valence-corrected chi connectivity index (χ2v) is 8.05. The number of carbonyl (C=O) groups is 2. The molecule has 2 aromatic carbocycles. The minimum absolute atomic E-state index is 0.102. The molecule has 1 aliphatic heterocycles. The Morgan fingerprint density at radius 2 is 1.84 bits per heavy atom. The number of halogens is 1. The third kappa shape index (κ3) is 4.25. The first-order valence-corrected chi connectivity index (χ1v) is 10.5. The number of aromatic nitrogens is 2. The van der Waals surface area contributed by atoms with E-state index >= 15 is 0 Å². The molecule has 1 atom stereocenters. The Balaban J connectivity index is 1.72. The van der Waals surface area contributed by atoms with Crippen LogP contribution in [0.15, 0.2) is 72.8 Å². The van der Waals surface area contributed by atoms with Crippen molar-refractivity contribution in [1.82, 2.24) is 9.88 Å². The highest BCUT2D eigenvalue weighted by Crippen LogP contribution is 2.39. The summed E-state index contributed by atoms with van der Waals surface area (Å²) in [5.41, 5.74) is 2.41. The molecule has 1 unspecified atom stereocenters. The fourth-order valence-corrected chi connectivity index (χ4v) is 3.98. The number of nitrogens with zero attached hydrogens (tertiary/aromatic N) is 2. The lowest BCUT2D eigenvalue weighted by atomic mass is 9.94. The van der Waals surface area contributed by atoms with Gasteiger partial charge in [0, 0.05) is 23.6 Å². The van der Waals surface area contributed by atoms with Gasteiger partial charge in [-0.05, 0) is 36.8 Å². The van der Waals surface area contributed by atoms with E-state index in [9.17, 15) is 14.7 Å². The molecule has 2 heterocycles. The van der Waals surface area contributed by atoms with Crippen LogP contribution < -0.4 is 4.57 Å². The number of benzene rings is 2. The molecule has 6 nitrogen and oxygen atoms in total. The number of imidazole rings is 1. The monoisotopic (exact) mass is 436 g/mol. The highest BCUT2D eigenvalue weighted by Gasteiger charge is 2.45. The number of H-pyrrole nitrogens is 1. The number of ketones is 1. The van der Waals surface area contributed by atoms with Crippen LogP contribution in [0.5, 0.6) is 0 Å². The molecule has 2 N–H and O–H groups in total. The number of Topliss-reactive ketones (excluding diaryl/α,β-unsaturated/α-hetero) is 1. The summed E-state index contributed by atoms with van der Waals surface area (Å²) in [6.07, 6.45) is 6.24. The fourth-order valence-electron chi connectivity index (χ4n) is 3.85. The third-order valence-corrected chi connectivity index (χ3v) is 5.72. The van der Waals surface area contributed by atoms with Crippen LogP contribution in [0.2, 0.25) is 5.02 Å². The van der Waals surface area contributed by atoms with E-state index in [1.807, 2.05) is 54.5 Å². The van der Waals surface area contributed by atoms with Crippen molar-refractivity contribution in [3.8, 4) is 0 Å². The van der Waals surface area contributed by atoms with Crippen LogP contribution in [-0.2, 0) is 16.1 Å². The van der Waals surface area contributed by atoms with E-state index in [0.717, 1.165) is 11.1 Å². The van der Waals surface area contributed by atoms with E-state index in [1.54, 1.807) is 29.2 Å². The summed E-state index contributed by atoms with van der Waals surface area (Å²) in [6, 6.07) is 13.6. The number of carbonyl (C=O) groups excluding carboxylic acids is 2. The Kier molecular flexibility index (Phi) is 5.91. The maximum atomic E-state index is 13.0. The van der Waals surface area contributed by atoms with Crippen LogP contribution in [0.3, 0.4) is 0 Å². The average molecular weight is 437 g/mol. The van der Waals surface area contributed by atoms with Gasteiger partial charge in [-0.25, -0.2) is 4.57 Å². The van der Waals surface area contributed by atoms with Crippen molar-refractivity contribution in [3.05, 3.63) is 94.5 Å². The van der Waals surface area contributed by atoms with E-state index < -0.39 is 17.7 Å². The molecule has 158 valence electrons. The average Bonchev–Trinajstić information content (AvgIpc) is 3.37.